The Morgan fingerprint density at radius 1 is 1.32 bits per heavy atom. The van der Waals surface area contributed by atoms with Crippen LogP contribution in [-0.4, -0.2) is 41.9 Å². The Bertz CT molecular complexity index is 636. The number of pyridine rings is 1. The van der Waals surface area contributed by atoms with Crippen molar-refractivity contribution < 1.29 is 8.42 Å². The first-order chi connectivity index (χ1) is 10.1. The first-order valence-electron chi connectivity index (χ1n) is 8.09. The van der Waals surface area contributed by atoms with Crippen molar-refractivity contribution in [3.05, 3.63) is 29.1 Å². The number of nitrogens with zero attached hydrogens (tertiary/aromatic N) is 2. The number of hydrogen-bond donors (Lipinski definition) is 0. The van der Waals surface area contributed by atoms with Gasteiger partial charge in [0.1, 0.15) is 0 Å². The molecule has 0 aromatic carbocycles. The molecule has 0 N–H and O–H groups in total. The second kappa shape index (κ2) is 6.28. The summed E-state index contributed by atoms with van der Waals surface area (Å²) in [6, 6.07) is 4.27. The molecule has 0 bridgehead atoms. The fourth-order valence-electron chi connectivity index (χ4n) is 3.07. The van der Waals surface area contributed by atoms with E-state index in [4.69, 9.17) is 4.98 Å². The fourth-order valence-corrected chi connectivity index (χ4v) is 4.97. The van der Waals surface area contributed by atoms with Gasteiger partial charge in [-0.05, 0) is 37.8 Å². The highest BCUT2D eigenvalue weighted by atomic mass is 32.2. The van der Waals surface area contributed by atoms with E-state index >= 15 is 0 Å². The Hall–Kier alpha value is -0.940. The third kappa shape index (κ3) is 3.87. The molecule has 0 unspecified atom stereocenters. The Morgan fingerprint density at radius 2 is 2.00 bits per heavy atom. The lowest BCUT2D eigenvalue weighted by atomic mass is 10.0. The zero-order chi connectivity index (χ0) is 16.5. The predicted molar refractivity (Wildman–Crippen MR) is 90.8 cm³/mol. The van der Waals surface area contributed by atoms with Gasteiger partial charge in [-0.25, -0.2) is 8.42 Å². The second-order valence-electron chi connectivity index (χ2n) is 7.18. The monoisotopic (exact) mass is 324 g/mol. The number of rotatable bonds is 4. The molecule has 1 aromatic rings. The Morgan fingerprint density at radius 3 is 2.55 bits per heavy atom. The highest BCUT2D eigenvalue weighted by Crippen LogP contribution is 2.26. The minimum atomic E-state index is -2.91. The topological polar surface area (TPSA) is 50.3 Å². The molecule has 1 aliphatic rings. The molecule has 2 rings (SSSR count). The first kappa shape index (κ1) is 17.4. The van der Waals surface area contributed by atoms with Gasteiger partial charge in [0.25, 0.3) is 0 Å². The molecule has 1 fully saturated rings. The zero-order valence-electron chi connectivity index (χ0n) is 14.4. The molecule has 124 valence electrons. The predicted octanol–water partition coefficient (Wildman–Crippen LogP) is 2.78. The van der Waals surface area contributed by atoms with E-state index in [1.807, 2.05) is 13.8 Å². The van der Waals surface area contributed by atoms with Crippen molar-refractivity contribution in [2.75, 3.05) is 18.1 Å². The standard InChI is InChI=1S/C17H28N2O2S/c1-6-15-14(7-8-16(18-15)13(2)3)11-19-9-10-22(20,21)12-17(19,4)5/h7-8,13H,6,9-12H2,1-5H3. The van der Waals surface area contributed by atoms with Crippen LogP contribution in [0, 0.1) is 0 Å². The quantitative estimate of drug-likeness (QED) is 0.854. The van der Waals surface area contributed by atoms with Gasteiger partial charge in [0.15, 0.2) is 9.84 Å². The van der Waals surface area contributed by atoms with Crippen molar-refractivity contribution >= 4 is 9.84 Å². The lowest BCUT2D eigenvalue weighted by Gasteiger charge is -2.42. The zero-order valence-corrected chi connectivity index (χ0v) is 15.2. The van der Waals surface area contributed by atoms with Gasteiger partial charge in [0, 0.05) is 30.0 Å². The smallest absolute Gasteiger partial charge is 0.153 e. The Labute approximate surface area is 134 Å². The van der Waals surface area contributed by atoms with Gasteiger partial charge >= 0.3 is 0 Å². The number of sulfone groups is 1. The van der Waals surface area contributed by atoms with Crippen LogP contribution in [0.25, 0.3) is 0 Å². The molecule has 0 radical (unpaired) electrons. The normalized spacial score (nSPS) is 21.2. The van der Waals surface area contributed by atoms with Crippen molar-refractivity contribution in [3.8, 4) is 0 Å². The van der Waals surface area contributed by atoms with E-state index in [2.05, 4.69) is 37.8 Å². The van der Waals surface area contributed by atoms with Crippen molar-refractivity contribution in [1.29, 1.82) is 0 Å². The summed E-state index contributed by atoms with van der Waals surface area (Å²) < 4.78 is 23.7. The summed E-state index contributed by atoms with van der Waals surface area (Å²) >= 11 is 0. The molecule has 1 saturated heterocycles. The average Bonchev–Trinajstić information content (AvgIpc) is 2.40. The number of aryl methyl sites for hydroxylation is 1. The molecule has 5 heteroatoms. The molecule has 0 spiro atoms. The SMILES string of the molecule is CCc1nc(C(C)C)ccc1CN1CCS(=O)(=O)CC1(C)C. The van der Waals surface area contributed by atoms with Gasteiger partial charge in [-0.2, -0.15) is 0 Å². The molecular formula is C17H28N2O2S. The van der Waals surface area contributed by atoms with E-state index in [-0.39, 0.29) is 17.0 Å². The van der Waals surface area contributed by atoms with Crippen molar-refractivity contribution in [2.24, 2.45) is 0 Å². The molecule has 1 aliphatic heterocycles. The summed E-state index contributed by atoms with van der Waals surface area (Å²) in [6.45, 7) is 11.8. The molecule has 0 saturated carbocycles. The Balaban J connectivity index is 2.23. The summed E-state index contributed by atoms with van der Waals surface area (Å²) in [5.41, 5.74) is 3.16. The molecular weight excluding hydrogens is 296 g/mol. The summed E-state index contributed by atoms with van der Waals surface area (Å²) in [5.74, 6) is 0.921. The van der Waals surface area contributed by atoms with Gasteiger partial charge in [-0.3, -0.25) is 9.88 Å². The molecule has 2 heterocycles. The molecule has 0 atom stereocenters. The third-order valence-corrected chi connectivity index (χ3v) is 6.43. The van der Waals surface area contributed by atoms with Crippen LogP contribution in [0.2, 0.25) is 0 Å². The van der Waals surface area contributed by atoms with Crippen LogP contribution < -0.4 is 0 Å². The fraction of sp³-hybridized carbons (Fsp3) is 0.706. The summed E-state index contributed by atoms with van der Waals surface area (Å²) in [4.78, 5) is 7.06. The highest BCUT2D eigenvalue weighted by Gasteiger charge is 2.37. The van der Waals surface area contributed by atoms with Crippen LogP contribution in [0.15, 0.2) is 12.1 Å². The second-order valence-corrected chi connectivity index (χ2v) is 9.36. The maximum absolute atomic E-state index is 11.9. The summed E-state index contributed by atoms with van der Waals surface area (Å²) in [5, 5.41) is 0. The van der Waals surface area contributed by atoms with E-state index in [1.165, 1.54) is 5.56 Å². The summed E-state index contributed by atoms with van der Waals surface area (Å²) in [6.07, 6.45) is 0.905. The first-order valence-corrected chi connectivity index (χ1v) is 9.91. The minimum Gasteiger partial charge on any atom is -0.292 e. The maximum Gasteiger partial charge on any atom is 0.153 e. The number of hydrogen-bond acceptors (Lipinski definition) is 4. The lowest BCUT2D eigenvalue weighted by Crippen LogP contribution is -2.54. The highest BCUT2D eigenvalue weighted by molar-refractivity contribution is 7.91. The van der Waals surface area contributed by atoms with Crippen molar-refractivity contribution in [3.63, 3.8) is 0 Å². The molecule has 0 amide bonds. The minimum absolute atomic E-state index is 0.235. The average molecular weight is 324 g/mol. The Kier molecular flexibility index (Phi) is 4.97. The molecule has 4 nitrogen and oxygen atoms in total. The van der Waals surface area contributed by atoms with Gasteiger partial charge in [0.05, 0.1) is 11.5 Å². The van der Waals surface area contributed by atoms with Crippen LogP contribution >= 0.6 is 0 Å². The van der Waals surface area contributed by atoms with Gasteiger partial charge < -0.3 is 0 Å². The number of aromatic nitrogens is 1. The van der Waals surface area contributed by atoms with Crippen LogP contribution in [-0.2, 0) is 22.8 Å². The van der Waals surface area contributed by atoms with E-state index in [1.54, 1.807) is 0 Å². The van der Waals surface area contributed by atoms with Gasteiger partial charge in [0.2, 0.25) is 0 Å². The van der Waals surface area contributed by atoms with E-state index < -0.39 is 9.84 Å². The lowest BCUT2D eigenvalue weighted by molar-refractivity contribution is 0.130. The van der Waals surface area contributed by atoms with E-state index in [0.717, 1.165) is 24.4 Å². The molecule has 0 aliphatic carbocycles. The van der Waals surface area contributed by atoms with Crippen LogP contribution in [0.4, 0.5) is 0 Å². The third-order valence-electron chi connectivity index (χ3n) is 4.48. The largest absolute Gasteiger partial charge is 0.292 e. The van der Waals surface area contributed by atoms with E-state index in [0.29, 0.717) is 12.5 Å². The van der Waals surface area contributed by atoms with Crippen molar-refractivity contribution in [2.45, 2.75) is 59.0 Å². The van der Waals surface area contributed by atoms with Crippen LogP contribution in [0.1, 0.15) is 57.5 Å². The molecule has 1 aromatic heterocycles. The van der Waals surface area contributed by atoms with Crippen molar-refractivity contribution in [1.82, 2.24) is 9.88 Å². The van der Waals surface area contributed by atoms with Crippen LogP contribution in [0.5, 0.6) is 0 Å². The molecule has 22 heavy (non-hydrogen) atoms. The maximum atomic E-state index is 11.9. The van der Waals surface area contributed by atoms with Gasteiger partial charge in [-0.15, -0.1) is 0 Å². The summed E-state index contributed by atoms with van der Waals surface area (Å²) in [7, 11) is -2.91. The van der Waals surface area contributed by atoms with Crippen LogP contribution in [0.3, 0.4) is 0 Å². The van der Waals surface area contributed by atoms with E-state index in [9.17, 15) is 8.42 Å². The van der Waals surface area contributed by atoms with Gasteiger partial charge in [-0.1, -0.05) is 26.8 Å².